The smallest absolute Gasteiger partial charge is 0.362 e. The molecule has 0 radical (unpaired) electrons. The minimum Gasteiger partial charge on any atom is -0.591 e. The van der Waals surface area contributed by atoms with E-state index in [9.17, 15) is 9.35 Å². The van der Waals surface area contributed by atoms with Gasteiger partial charge in [-0.1, -0.05) is 20.3 Å². The van der Waals surface area contributed by atoms with Gasteiger partial charge in [0.2, 0.25) is 5.71 Å². The van der Waals surface area contributed by atoms with Gasteiger partial charge in [0.25, 0.3) is 0 Å². The number of benzene rings is 1. The fourth-order valence-corrected chi connectivity index (χ4v) is 2.50. The van der Waals surface area contributed by atoms with Gasteiger partial charge in [-0.2, -0.15) is 0 Å². The maximum absolute atomic E-state index is 12.4. The molecule has 1 aromatic carbocycles. The Morgan fingerprint density at radius 1 is 1.38 bits per heavy atom. The molecular weight excluding hydrogens is 398 g/mol. The molecule has 8 heteroatoms. The number of carbonyl (C=O) groups excluding carboxylic acids is 1. The van der Waals surface area contributed by atoms with Crippen LogP contribution < -0.4 is 4.74 Å². The van der Waals surface area contributed by atoms with Crippen molar-refractivity contribution >= 4 is 39.0 Å². The first-order valence-corrected chi connectivity index (χ1v) is 9.20. The maximum atomic E-state index is 12.4. The molecule has 1 rings (SSSR count). The van der Waals surface area contributed by atoms with Gasteiger partial charge in [-0.3, -0.25) is 0 Å². The molecule has 134 valence electrons. The van der Waals surface area contributed by atoms with Crippen LogP contribution in [-0.4, -0.2) is 41.5 Å². The minimum atomic E-state index is -1.62. The van der Waals surface area contributed by atoms with Crippen LogP contribution in [0.3, 0.4) is 0 Å². The van der Waals surface area contributed by atoms with Gasteiger partial charge in [0.1, 0.15) is 21.9 Å². The van der Waals surface area contributed by atoms with E-state index in [1.54, 1.807) is 45.9 Å². The number of esters is 1. The molecule has 24 heavy (non-hydrogen) atoms. The lowest BCUT2D eigenvalue weighted by atomic mass is 10.1. The van der Waals surface area contributed by atoms with E-state index in [1.165, 1.54) is 7.11 Å². The van der Waals surface area contributed by atoms with Crippen LogP contribution in [0.25, 0.3) is 0 Å². The third-order valence-corrected chi connectivity index (χ3v) is 4.59. The monoisotopic (exact) mass is 419 g/mol. The first-order valence-electron chi connectivity index (χ1n) is 7.30. The summed E-state index contributed by atoms with van der Waals surface area (Å²) in [4.78, 5) is 12.3. The van der Waals surface area contributed by atoms with Crippen LogP contribution in [0.2, 0.25) is 0 Å². The quantitative estimate of drug-likeness (QED) is 0.293. The Hall–Kier alpha value is -1.09. The van der Waals surface area contributed by atoms with Crippen LogP contribution in [0, 0.1) is 0 Å². The predicted octanol–water partition coefficient (Wildman–Crippen LogP) is 3.25. The molecule has 0 saturated heterocycles. The van der Waals surface area contributed by atoms with Gasteiger partial charge in [-0.05, 0) is 45.9 Å². The fourth-order valence-electron chi connectivity index (χ4n) is 1.55. The molecule has 0 aliphatic rings. The maximum Gasteiger partial charge on any atom is 0.362 e. The second kappa shape index (κ2) is 9.41. The lowest BCUT2D eigenvalue weighted by molar-refractivity contribution is -0.134. The Labute approximate surface area is 154 Å². The molecule has 0 aliphatic heterocycles. The van der Waals surface area contributed by atoms with Crippen molar-refractivity contribution in [3.05, 3.63) is 28.2 Å². The van der Waals surface area contributed by atoms with Gasteiger partial charge in [0, 0.05) is 11.6 Å². The number of nitrogens with zero attached hydrogens (tertiary/aromatic N) is 1. The Kier molecular flexibility index (Phi) is 8.21. The lowest BCUT2D eigenvalue weighted by Crippen LogP contribution is -2.29. The summed E-state index contributed by atoms with van der Waals surface area (Å²) >= 11 is 1.73. The zero-order valence-corrected chi connectivity index (χ0v) is 16.8. The van der Waals surface area contributed by atoms with Crippen LogP contribution in [0.4, 0.5) is 0 Å². The zero-order valence-electron chi connectivity index (χ0n) is 14.4. The molecule has 1 atom stereocenters. The van der Waals surface area contributed by atoms with E-state index in [2.05, 4.69) is 20.3 Å². The molecule has 1 unspecified atom stereocenters. The SMILES string of the molecule is CCOC(=O)/C(=N\[S+]([O-])C(C)(C)C)c1ccc(Br)cc1OCOC. The highest BCUT2D eigenvalue weighted by atomic mass is 79.9. The Morgan fingerprint density at radius 3 is 2.58 bits per heavy atom. The molecule has 6 nitrogen and oxygen atoms in total. The lowest BCUT2D eigenvalue weighted by Gasteiger charge is -2.19. The summed E-state index contributed by atoms with van der Waals surface area (Å²) in [6, 6.07) is 5.08. The summed E-state index contributed by atoms with van der Waals surface area (Å²) in [5, 5.41) is 0. The van der Waals surface area contributed by atoms with Crippen LogP contribution in [0.5, 0.6) is 5.75 Å². The van der Waals surface area contributed by atoms with Crippen molar-refractivity contribution in [1.29, 1.82) is 0 Å². The third kappa shape index (κ3) is 6.08. The normalized spacial score (nSPS) is 13.5. The minimum absolute atomic E-state index is 0.00190. The summed E-state index contributed by atoms with van der Waals surface area (Å²) in [5.41, 5.74) is 0.356. The standard InChI is InChI=1S/C16H22BrNO5S/c1-6-22-15(19)14(18-24(20)16(2,3)4)12-8-7-11(17)9-13(12)23-10-21-5/h7-9H,6,10H2,1-5H3/b18-14-. The first kappa shape index (κ1) is 21.0. The van der Waals surface area contributed by atoms with Gasteiger partial charge in [0.05, 0.1) is 12.2 Å². The topological polar surface area (TPSA) is 80.2 Å². The highest BCUT2D eigenvalue weighted by Gasteiger charge is 2.31. The summed E-state index contributed by atoms with van der Waals surface area (Å²) in [5.74, 6) is -0.274. The second-order valence-electron chi connectivity index (χ2n) is 5.71. The molecule has 0 aliphatic carbocycles. The first-order chi connectivity index (χ1) is 11.2. The van der Waals surface area contributed by atoms with Crippen LogP contribution >= 0.6 is 15.9 Å². The van der Waals surface area contributed by atoms with E-state index >= 15 is 0 Å². The van der Waals surface area contributed by atoms with Gasteiger partial charge < -0.3 is 18.8 Å². The average molecular weight is 420 g/mol. The van der Waals surface area contributed by atoms with Crippen molar-refractivity contribution in [3.8, 4) is 5.75 Å². The predicted molar refractivity (Wildman–Crippen MR) is 97.7 cm³/mol. The molecule has 0 bridgehead atoms. The Bertz CT molecular complexity index is 601. The van der Waals surface area contributed by atoms with Gasteiger partial charge in [-0.25, -0.2) is 4.79 Å². The molecule has 0 saturated carbocycles. The summed E-state index contributed by atoms with van der Waals surface area (Å²) < 4.78 is 32.1. The number of ether oxygens (including phenoxy) is 3. The van der Waals surface area contributed by atoms with Crippen molar-refractivity contribution in [2.24, 2.45) is 4.40 Å². The van der Waals surface area contributed by atoms with Crippen molar-refractivity contribution in [1.82, 2.24) is 0 Å². The molecular formula is C16H22BrNO5S. The van der Waals surface area contributed by atoms with Crippen molar-refractivity contribution in [3.63, 3.8) is 0 Å². The van der Waals surface area contributed by atoms with E-state index in [-0.39, 0.29) is 19.1 Å². The van der Waals surface area contributed by atoms with Crippen molar-refractivity contribution in [2.75, 3.05) is 20.5 Å². The molecule has 0 aromatic heterocycles. The van der Waals surface area contributed by atoms with Gasteiger partial charge in [-0.15, -0.1) is 0 Å². The third-order valence-electron chi connectivity index (χ3n) is 2.70. The number of halogens is 1. The Balaban J connectivity index is 3.39. The average Bonchev–Trinajstić information content (AvgIpc) is 2.50. The van der Waals surface area contributed by atoms with E-state index in [0.29, 0.717) is 11.3 Å². The molecule has 0 fully saturated rings. The molecule has 0 heterocycles. The zero-order chi connectivity index (χ0) is 18.3. The molecule has 1 aromatic rings. The number of methoxy groups -OCH3 is 1. The van der Waals surface area contributed by atoms with Crippen molar-refractivity contribution in [2.45, 2.75) is 32.4 Å². The van der Waals surface area contributed by atoms with Crippen LogP contribution in [0.1, 0.15) is 33.3 Å². The number of hydrogen-bond donors (Lipinski definition) is 0. The van der Waals surface area contributed by atoms with E-state index in [1.807, 2.05) is 0 Å². The number of hydrogen-bond acceptors (Lipinski definition) is 6. The molecule has 0 N–H and O–H groups in total. The molecule has 0 amide bonds. The fraction of sp³-hybridized carbons (Fsp3) is 0.500. The van der Waals surface area contributed by atoms with Crippen LogP contribution in [-0.2, 0) is 25.6 Å². The van der Waals surface area contributed by atoms with Gasteiger partial charge in [0.15, 0.2) is 6.79 Å². The molecule has 0 spiro atoms. The van der Waals surface area contributed by atoms with E-state index < -0.39 is 22.1 Å². The van der Waals surface area contributed by atoms with Crippen LogP contribution in [0.15, 0.2) is 27.1 Å². The Morgan fingerprint density at radius 2 is 2.04 bits per heavy atom. The second-order valence-corrected chi connectivity index (χ2v) is 8.53. The highest BCUT2D eigenvalue weighted by Crippen LogP contribution is 2.27. The van der Waals surface area contributed by atoms with Crippen molar-refractivity contribution < 1.29 is 23.6 Å². The largest absolute Gasteiger partial charge is 0.591 e. The highest BCUT2D eigenvalue weighted by molar-refractivity contribution is 9.10. The number of carbonyl (C=O) groups is 1. The van der Waals surface area contributed by atoms with E-state index in [0.717, 1.165) is 4.47 Å². The van der Waals surface area contributed by atoms with E-state index in [4.69, 9.17) is 14.2 Å². The summed E-state index contributed by atoms with van der Waals surface area (Å²) in [7, 11) is 1.49. The summed E-state index contributed by atoms with van der Waals surface area (Å²) in [6.07, 6.45) is 0. The van der Waals surface area contributed by atoms with Gasteiger partial charge >= 0.3 is 5.97 Å². The number of rotatable bonds is 7. The summed E-state index contributed by atoms with van der Waals surface area (Å²) in [6.45, 7) is 7.21.